The number of nitrogens with zero attached hydrogens (tertiary/aromatic N) is 1. The molecule has 4 nitrogen and oxygen atoms in total. The fraction of sp³-hybridized carbons (Fsp3) is 0.538. The average Bonchev–Trinajstić information content (AvgIpc) is 2.37. The van der Waals surface area contributed by atoms with Crippen LogP contribution in [0.25, 0.3) is 0 Å². The van der Waals surface area contributed by atoms with Gasteiger partial charge in [-0.2, -0.15) is 4.31 Å². The lowest BCUT2D eigenvalue weighted by Gasteiger charge is -2.37. The van der Waals surface area contributed by atoms with Gasteiger partial charge in [0.25, 0.3) is 0 Å². The van der Waals surface area contributed by atoms with E-state index in [0.29, 0.717) is 12.5 Å². The standard InChI is InChI=1S/C13H17F2NO3S/c1-9-3-2-6-16(12(9)8-17)20(18,19)13-5-4-10(14)7-11(13)15/h4-5,7,9,12,17H,2-3,6,8H2,1H3/t9-,12-/m0/s1. The number of rotatable bonds is 3. The molecule has 20 heavy (non-hydrogen) atoms. The van der Waals surface area contributed by atoms with Crippen molar-refractivity contribution in [3.8, 4) is 0 Å². The van der Waals surface area contributed by atoms with Gasteiger partial charge in [-0.1, -0.05) is 6.92 Å². The number of aliphatic hydroxyl groups excluding tert-OH is 1. The molecular weight excluding hydrogens is 288 g/mol. The van der Waals surface area contributed by atoms with Gasteiger partial charge < -0.3 is 5.11 Å². The Labute approximate surface area is 117 Å². The quantitative estimate of drug-likeness (QED) is 0.925. The number of hydrogen-bond acceptors (Lipinski definition) is 3. The summed E-state index contributed by atoms with van der Waals surface area (Å²) in [6.07, 6.45) is 1.46. The molecule has 0 aliphatic carbocycles. The molecule has 1 fully saturated rings. The van der Waals surface area contributed by atoms with Gasteiger partial charge >= 0.3 is 0 Å². The van der Waals surface area contributed by atoms with E-state index in [4.69, 9.17) is 0 Å². The average molecular weight is 305 g/mol. The maximum atomic E-state index is 13.7. The maximum Gasteiger partial charge on any atom is 0.246 e. The van der Waals surface area contributed by atoms with Gasteiger partial charge in [-0.15, -0.1) is 0 Å². The van der Waals surface area contributed by atoms with E-state index in [2.05, 4.69) is 0 Å². The number of piperidine rings is 1. The first-order valence-electron chi connectivity index (χ1n) is 6.45. The van der Waals surface area contributed by atoms with Crippen LogP contribution in [0.2, 0.25) is 0 Å². The first-order chi connectivity index (χ1) is 9.37. The van der Waals surface area contributed by atoms with Gasteiger partial charge in [-0.3, -0.25) is 0 Å². The van der Waals surface area contributed by atoms with Crippen LogP contribution in [0.4, 0.5) is 8.78 Å². The Morgan fingerprint density at radius 2 is 2.10 bits per heavy atom. The van der Waals surface area contributed by atoms with E-state index in [0.717, 1.165) is 22.9 Å². The molecule has 1 saturated heterocycles. The molecule has 112 valence electrons. The molecule has 1 aromatic rings. The smallest absolute Gasteiger partial charge is 0.246 e. The monoisotopic (exact) mass is 305 g/mol. The first-order valence-corrected chi connectivity index (χ1v) is 7.89. The van der Waals surface area contributed by atoms with Crippen molar-refractivity contribution in [3.05, 3.63) is 29.8 Å². The Hall–Kier alpha value is -1.05. The Bertz CT molecular complexity index is 591. The van der Waals surface area contributed by atoms with Crippen LogP contribution in [0.1, 0.15) is 19.8 Å². The third-order valence-electron chi connectivity index (χ3n) is 3.73. The number of hydrogen-bond donors (Lipinski definition) is 1. The molecule has 7 heteroatoms. The van der Waals surface area contributed by atoms with Crippen LogP contribution in [0.15, 0.2) is 23.1 Å². The van der Waals surface area contributed by atoms with Gasteiger partial charge in [0.05, 0.1) is 12.6 Å². The Balaban J connectivity index is 2.43. The molecule has 2 rings (SSSR count). The second-order valence-corrected chi connectivity index (χ2v) is 6.92. The zero-order valence-corrected chi connectivity index (χ0v) is 11.9. The van der Waals surface area contributed by atoms with Gasteiger partial charge in [-0.05, 0) is 30.9 Å². The number of benzene rings is 1. The van der Waals surface area contributed by atoms with E-state index in [9.17, 15) is 22.3 Å². The Kier molecular flexibility index (Phi) is 4.41. The van der Waals surface area contributed by atoms with Crippen molar-refractivity contribution in [3.63, 3.8) is 0 Å². The molecule has 1 aromatic carbocycles. The first kappa shape index (κ1) is 15.3. The highest BCUT2D eigenvalue weighted by molar-refractivity contribution is 7.89. The van der Waals surface area contributed by atoms with E-state index in [1.165, 1.54) is 0 Å². The Morgan fingerprint density at radius 1 is 1.40 bits per heavy atom. The third-order valence-corrected chi connectivity index (χ3v) is 5.69. The summed E-state index contributed by atoms with van der Waals surface area (Å²) in [4.78, 5) is -0.550. The summed E-state index contributed by atoms with van der Waals surface area (Å²) in [6, 6.07) is 1.82. The minimum Gasteiger partial charge on any atom is -0.395 e. The Morgan fingerprint density at radius 3 is 2.70 bits per heavy atom. The van der Waals surface area contributed by atoms with Gasteiger partial charge in [0.2, 0.25) is 10.0 Å². The summed E-state index contributed by atoms with van der Waals surface area (Å²) in [7, 11) is -4.07. The van der Waals surface area contributed by atoms with Gasteiger partial charge in [-0.25, -0.2) is 17.2 Å². The molecule has 1 N–H and O–H groups in total. The van der Waals surface area contributed by atoms with Crippen molar-refractivity contribution >= 4 is 10.0 Å². The molecule has 1 heterocycles. The molecule has 0 radical (unpaired) electrons. The summed E-state index contributed by atoms with van der Waals surface area (Å²) in [5, 5.41) is 9.40. The largest absolute Gasteiger partial charge is 0.395 e. The van der Waals surface area contributed by atoms with Crippen LogP contribution in [-0.2, 0) is 10.0 Å². The number of halogens is 2. The summed E-state index contributed by atoms with van der Waals surface area (Å²) in [5.41, 5.74) is 0. The number of sulfonamides is 1. The molecule has 2 atom stereocenters. The minimum atomic E-state index is -4.07. The SMILES string of the molecule is C[C@H]1CCCN(S(=O)(=O)c2ccc(F)cc2F)[C@H]1CO. The maximum absolute atomic E-state index is 13.7. The fourth-order valence-electron chi connectivity index (χ4n) is 2.59. The van der Waals surface area contributed by atoms with Crippen molar-refractivity contribution in [2.75, 3.05) is 13.2 Å². The summed E-state index contributed by atoms with van der Waals surface area (Å²) < 4.78 is 52.7. The van der Waals surface area contributed by atoms with E-state index in [-0.39, 0.29) is 19.1 Å². The van der Waals surface area contributed by atoms with Crippen LogP contribution in [-0.4, -0.2) is 37.0 Å². The zero-order valence-electron chi connectivity index (χ0n) is 11.1. The van der Waals surface area contributed by atoms with Crippen molar-refractivity contribution in [1.29, 1.82) is 0 Å². The molecule has 0 bridgehead atoms. The van der Waals surface area contributed by atoms with E-state index in [1.807, 2.05) is 6.92 Å². The van der Waals surface area contributed by atoms with E-state index < -0.39 is 32.6 Å². The van der Waals surface area contributed by atoms with Crippen LogP contribution in [0, 0.1) is 17.6 Å². The van der Waals surface area contributed by atoms with Crippen molar-refractivity contribution in [2.24, 2.45) is 5.92 Å². The van der Waals surface area contributed by atoms with Gasteiger partial charge in [0.1, 0.15) is 16.5 Å². The third kappa shape index (κ3) is 2.70. The van der Waals surface area contributed by atoms with E-state index in [1.54, 1.807) is 0 Å². The molecule has 1 aliphatic heterocycles. The molecule has 0 aromatic heterocycles. The number of aliphatic hydroxyl groups is 1. The fourth-order valence-corrected chi connectivity index (χ4v) is 4.39. The van der Waals surface area contributed by atoms with Crippen LogP contribution >= 0.6 is 0 Å². The lowest BCUT2D eigenvalue weighted by atomic mass is 9.93. The molecule has 0 amide bonds. The zero-order chi connectivity index (χ0) is 14.9. The molecule has 0 unspecified atom stereocenters. The molecular formula is C13H17F2NO3S. The van der Waals surface area contributed by atoms with Crippen molar-refractivity contribution < 1.29 is 22.3 Å². The summed E-state index contributed by atoms with van der Waals surface area (Å²) >= 11 is 0. The van der Waals surface area contributed by atoms with Crippen LogP contribution in [0.3, 0.4) is 0 Å². The normalized spacial score (nSPS) is 24.8. The van der Waals surface area contributed by atoms with Crippen molar-refractivity contribution in [2.45, 2.75) is 30.7 Å². The highest BCUT2D eigenvalue weighted by Gasteiger charge is 2.38. The predicted molar refractivity (Wildman–Crippen MR) is 69.5 cm³/mol. The second-order valence-electron chi connectivity index (χ2n) is 5.06. The van der Waals surface area contributed by atoms with E-state index >= 15 is 0 Å². The minimum absolute atomic E-state index is 0.00738. The molecule has 0 spiro atoms. The van der Waals surface area contributed by atoms with Gasteiger partial charge in [0, 0.05) is 12.6 Å². The molecule has 0 saturated carbocycles. The summed E-state index contributed by atoms with van der Waals surface area (Å²) in [6.45, 7) is 1.77. The van der Waals surface area contributed by atoms with Gasteiger partial charge in [0.15, 0.2) is 0 Å². The van der Waals surface area contributed by atoms with Crippen LogP contribution < -0.4 is 0 Å². The van der Waals surface area contributed by atoms with Crippen LogP contribution in [0.5, 0.6) is 0 Å². The lowest BCUT2D eigenvalue weighted by Crippen LogP contribution is -2.49. The lowest BCUT2D eigenvalue weighted by molar-refractivity contribution is 0.113. The highest BCUT2D eigenvalue weighted by atomic mass is 32.2. The predicted octanol–water partition coefficient (Wildman–Crippen LogP) is 1.75. The summed E-state index contributed by atoms with van der Waals surface area (Å²) in [5.74, 6) is -1.95. The topological polar surface area (TPSA) is 57.6 Å². The molecule has 1 aliphatic rings. The van der Waals surface area contributed by atoms with Crippen molar-refractivity contribution in [1.82, 2.24) is 4.31 Å². The second kappa shape index (κ2) is 5.75. The highest BCUT2D eigenvalue weighted by Crippen LogP contribution is 2.30.